The van der Waals surface area contributed by atoms with E-state index in [1.807, 2.05) is 41.8 Å². The minimum atomic E-state index is -0.373. The van der Waals surface area contributed by atoms with Gasteiger partial charge < -0.3 is 9.30 Å². The first-order chi connectivity index (χ1) is 10.2. The van der Waals surface area contributed by atoms with Crippen molar-refractivity contribution in [3.05, 3.63) is 64.9 Å². The molecule has 5 nitrogen and oxygen atoms in total. The molecule has 0 amide bonds. The summed E-state index contributed by atoms with van der Waals surface area (Å²) >= 11 is 0. The van der Waals surface area contributed by atoms with E-state index in [1.54, 1.807) is 18.4 Å². The molecule has 1 aromatic heterocycles. The summed E-state index contributed by atoms with van der Waals surface area (Å²) in [6.45, 7) is 2.25. The van der Waals surface area contributed by atoms with Gasteiger partial charge in [0.25, 0.3) is 5.69 Å². The van der Waals surface area contributed by atoms with Crippen molar-refractivity contribution in [3.63, 3.8) is 0 Å². The molecule has 0 bridgehead atoms. The quantitative estimate of drug-likeness (QED) is 0.409. The molecule has 0 aliphatic rings. The molecule has 0 saturated heterocycles. The van der Waals surface area contributed by atoms with Crippen LogP contribution in [0, 0.1) is 10.1 Å². The lowest BCUT2D eigenvalue weighted by molar-refractivity contribution is -0.384. The van der Waals surface area contributed by atoms with Crippen LogP contribution in [0.15, 0.2) is 54.8 Å². The smallest absolute Gasteiger partial charge is 0.270 e. The molecule has 0 saturated carbocycles. The predicted molar refractivity (Wildman–Crippen MR) is 82.0 cm³/mol. The number of benzene rings is 2. The van der Waals surface area contributed by atoms with Crippen LogP contribution in [0.4, 0.5) is 5.69 Å². The van der Waals surface area contributed by atoms with Gasteiger partial charge in [0.1, 0.15) is 0 Å². The largest absolute Gasteiger partial charge is 0.481 e. The summed E-state index contributed by atoms with van der Waals surface area (Å²) in [4.78, 5) is 10.6. The Morgan fingerprint density at radius 3 is 2.71 bits per heavy atom. The Kier molecular flexibility index (Phi) is 3.31. The fraction of sp³-hybridized carbons (Fsp3) is 0.125. The monoisotopic (exact) mass is 282 g/mol. The molecule has 0 aliphatic heterocycles. The van der Waals surface area contributed by atoms with Crippen molar-refractivity contribution in [2.75, 3.05) is 0 Å². The van der Waals surface area contributed by atoms with Crippen LogP contribution in [-0.2, 0) is 11.5 Å². The van der Waals surface area contributed by atoms with Crippen molar-refractivity contribution >= 4 is 27.5 Å². The number of fused-ring (bicyclic) bond motifs is 3. The Morgan fingerprint density at radius 1 is 1.19 bits per heavy atom. The summed E-state index contributed by atoms with van der Waals surface area (Å²) < 4.78 is 7.48. The SMILES string of the molecule is CC=COCn1c2ccccc2c2cc([N+](=O)[O-])ccc21. The van der Waals surface area contributed by atoms with Gasteiger partial charge in [0.05, 0.1) is 22.2 Å². The molecule has 3 aromatic rings. The Hall–Kier alpha value is -2.82. The number of hydrogen-bond acceptors (Lipinski definition) is 3. The van der Waals surface area contributed by atoms with Crippen molar-refractivity contribution in [1.29, 1.82) is 0 Å². The highest BCUT2D eigenvalue weighted by molar-refractivity contribution is 6.08. The Morgan fingerprint density at radius 2 is 1.95 bits per heavy atom. The minimum Gasteiger partial charge on any atom is -0.481 e. The third-order valence-corrected chi connectivity index (χ3v) is 3.40. The van der Waals surface area contributed by atoms with Gasteiger partial charge in [-0.15, -0.1) is 0 Å². The number of ether oxygens (including phenoxy) is 1. The van der Waals surface area contributed by atoms with Crippen molar-refractivity contribution in [1.82, 2.24) is 4.57 Å². The number of para-hydroxylation sites is 1. The topological polar surface area (TPSA) is 57.3 Å². The molecule has 2 aromatic carbocycles. The zero-order chi connectivity index (χ0) is 14.8. The van der Waals surface area contributed by atoms with E-state index in [-0.39, 0.29) is 10.6 Å². The summed E-state index contributed by atoms with van der Waals surface area (Å²) in [5, 5.41) is 12.8. The van der Waals surface area contributed by atoms with Crippen molar-refractivity contribution in [3.8, 4) is 0 Å². The Balaban J connectivity index is 2.25. The summed E-state index contributed by atoms with van der Waals surface area (Å²) in [5.41, 5.74) is 2.02. The maximum Gasteiger partial charge on any atom is 0.270 e. The van der Waals surface area contributed by atoms with E-state index < -0.39 is 0 Å². The lowest BCUT2D eigenvalue weighted by atomic mass is 10.1. The molecule has 21 heavy (non-hydrogen) atoms. The third kappa shape index (κ3) is 2.23. The van der Waals surface area contributed by atoms with Crippen LogP contribution in [-0.4, -0.2) is 9.49 Å². The zero-order valence-corrected chi connectivity index (χ0v) is 11.5. The number of rotatable bonds is 4. The first-order valence-electron chi connectivity index (χ1n) is 6.60. The molecule has 0 radical (unpaired) electrons. The van der Waals surface area contributed by atoms with Gasteiger partial charge in [0.15, 0.2) is 6.73 Å². The first kappa shape index (κ1) is 13.2. The first-order valence-corrected chi connectivity index (χ1v) is 6.60. The van der Waals surface area contributed by atoms with Crippen LogP contribution in [0.1, 0.15) is 6.92 Å². The van der Waals surface area contributed by atoms with E-state index in [0.29, 0.717) is 6.73 Å². The molecule has 0 N–H and O–H groups in total. The second-order valence-electron chi connectivity index (χ2n) is 4.67. The van der Waals surface area contributed by atoms with Crippen LogP contribution in [0.5, 0.6) is 0 Å². The molecule has 0 atom stereocenters. The maximum absolute atomic E-state index is 11.0. The number of nitro benzene ring substituents is 1. The maximum atomic E-state index is 11.0. The van der Waals surface area contributed by atoms with Crippen LogP contribution in [0.25, 0.3) is 21.8 Å². The lowest BCUT2D eigenvalue weighted by Crippen LogP contribution is -1.98. The molecule has 0 unspecified atom stereocenters. The van der Waals surface area contributed by atoms with Crippen molar-refractivity contribution in [2.24, 2.45) is 0 Å². The molecule has 106 valence electrons. The van der Waals surface area contributed by atoms with Gasteiger partial charge in [-0.3, -0.25) is 10.1 Å². The van der Waals surface area contributed by atoms with E-state index in [9.17, 15) is 10.1 Å². The van der Waals surface area contributed by atoms with Crippen LogP contribution < -0.4 is 0 Å². The molecular formula is C16H14N2O3. The van der Waals surface area contributed by atoms with E-state index in [1.165, 1.54) is 6.07 Å². The highest BCUT2D eigenvalue weighted by atomic mass is 16.6. The number of allylic oxidation sites excluding steroid dienone is 1. The Labute approximate surface area is 121 Å². The molecule has 0 aliphatic carbocycles. The van der Waals surface area contributed by atoms with Crippen LogP contribution >= 0.6 is 0 Å². The summed E-state index contributed by atoms with van der Waals surface area (Å²) in [7, 11) is 0. The number of aromatic nitrogens is 1. The highest BCUT2D eigenvalue weighted by Crippen LogP contribution is 2.31. The van der Waals surface area contributed by atoms with Gasteiger partial charge in [-0.1, -0.05) is 24.3 Å². The Bertz CT molecular complexity index is 849. The summed E-state index contributed by atoms with van der Waals surface area (Å²) in [6, 6.07) is 12.7. The van der Waals surface area contributed by atoms with E-state index in [0.717, 1.165) is 21.8 Å². The van der Waals surface area contributed by atoms with Gasteiger partial charge in [-0.25, -0.2) is 0 Å². The fourth-order valence-corrected chi connectivity index (χ4v) is 2.51. The van der Waals surface area contributed by atoms with E-state index in [2.05, 4.69) is 0 Å². The van der Waals surface area contributed by atoms with Crippen LogP contribution in [0.2, 0.25) is 0 Å². The predicted octanol–water partition coefficient (Wildman–Crippen LogP) is 4.21. The second kappa shape index (κ2) is 5.28. The summed E-state index contributed by atoms with van der Waals surface area (Å²) in [6.07, 6.45) is 3.45. The third-order valence-electron chi connectivity index (χ3n) is 3.40. The molecule has 5 heteroatoms. The number of nitrogens with zero attached hydrogens (tertiary/aromatic N) is 2. The van der Waals surface area contributed by atoms with Gasteiger partial charge in [-0.2, -0.15) is 0 Å². The number of nitro groups is 1. The summed E-state index contributed by atoms with van der Waals surface area (Å²) in [5.74, 6) is 0. The molecule has 0 fully saturated rings. The lowest BCUT2D eigenvalue weighted by Gasteiger charge is -2.06. The average molecular weight is 282 g/mol. The van der Waals surface area contributed by atoms with E-state index in [4.69, 9.17) is 4.74 Å². The minimum absolute atomic E-state index is 0.0970. The van der Waals surface area contributed by atoms with Gasteiger partial charge >= 0.3 is 0 Å². The molecule has 3 rings (SSSR count). The molecule has 0 spiro atoms. The number of hydrogen-bond donors (Lipinski definition) is 0. The average Bonchev–Trinajstić information content (AvgIpc) is 2.81. The second-order valence-corrected chi connectivity index (χ2v) is 4.67. The standard InChI is InChI=1S/C16H14N2O3/c1-2-9-21-11-17-15-6-4-3-5-13(15)14-10-12(18(19)20)7-8-16(14)17/h2-10H,11H2,1H3. The van der Waals surface area contributed by atoms with Gasteiger partial charge in [0, 0.05) is 22.9 Å². The van der Waals surface area contributed by atoms with Crippen molar-refractivity contribution in [2.45, 2.75) is 13.7 Å². The highest BCUT2D eigenvalue weighted by Gasteiger charge is 2.14. The molecule has 1 heterocycles. The molecular weight excluding hydrogens is 268 g/mol. The van der Waals surface area contributed by atoms with Gasteiger partial charge in [-0.05, 0) is 19.1 Å². The van der Waals surface area contributed by atoms with Crippen molar-refractivity contribution < 1.29 is 9.66 Å². The van der Waals surface area contributed by atoms with Gasteiger partial charge in [0.2, 0.25) is 0 Å². The van der Waals surface area contributed by atoms with Crippen LogP contribution in [0.3, 0.4) is 0 Å². The van der Waals surface area contributed by atoms with E-state index >= 15 is 0 Å². The normalized spacial score (nSPS) is 11.5. The number of non-ortho nitro benzene ring substituents is 1. The zero-order valence-electron chi connectivity index (χ0n) is 11.5. The fourth-order valence-electron chi connectivity index (χ4n) is 2.51.